The zero-order valence-corrected chi connectivity index (χ0v) is 9.87. The minimum atomic E-state index is -4.33. The van der Waals surface area contributed by atoms with E-state index in [-0.39, 0.29) is 0 Å². The molecular weight excluding hydrogens is 243 g/mol. The first-order chi connectivity index (χ1) is 8.47. The maximum absolute atomic E-state index is 12.3. The van der Waals surface area contributed by atoms with Crippen molar-refractivity contribution in [3.05, 3.63) is 35.4 Å². The van der Waals surface area contributed by atoms with Crippen molar-refractivity contribution in [2.45, 2.75) is 25.1 Å². The van der Waals surface area contributed by atoms with Crippen LogP contribution in [0.25, 0.3) is 0 Å². The number of aliphatic hydroxyl groups excluding tert-OH is 1. The molecule has 18 heavy (non-hydrogen) atoms. The number of aliphatic hydroxyl groups is 1. The molecule has 1 fully saturated rings. The van der Waals surface area contributed by atoms with Crippen molar-refractivity contribution in [1.82, 2.24) is 5.32 Å². The zero-order valence-electron chi connectivity index (χ0n) is 9.87. The van der Waals surface area contributed by atoms with Crippen LogP contribution in [0.4, 0.5) is 13.2 Å². The molecule has 0 bridgehead atoms. The lowest BCUT2D eigenvalue weighted by molar-refractivity contribution is -0.137. The summed E-state index contributed by atoms with van der Waals surface area (Å²) in [6.07, 6.45) is -2.63. The van der Waals surface area contributed by atoms with E-state index in [2.05, 4.69) is 5.32 Å². The van der Waals surface area contributed by atoms with Crippen LogP contribution in [-0.2, 0) is 6.18 Å². The van der Waals surface area contributed by atoms with Crippen molar-refractivity contribution in [2.75, 3.05) is 13.1 Å². The summed E-state index contributed by atoms with van der Waals surface area (Å²) in [5, 5.41) is 12.9. The van der Waals surface area contributed by atoms with Gasteiger partial charge in [-0.15, -0.1) is 0 Å². The van der Waals surface area contributed by atoms with Gasteiger partial charge in [0.2, 0.25) is 0 Å². The summed E-state index contributed by atoms with van der Waals surface area (Å²) in [7, 11) is 0. The fraction of sp³-hybridized carbons (Fsp3) is 0.538. The third-order valence-corrected chi connectivity index (χ3v) is 3.09. The molecule has 0 aliphatic heterocycles. The van der Waals surface area contributed by atoms with Crippen LogP contribution in [0.5, 0.6) is 0 Å². The van der Waals surface area contributed by atoms with Gasteiger partial charge < -0.3 is 10.4 Å². The molecular formula is C13H16F3NO. The molecule has 0 spiro atoms. The lowest BCUT2D eigenvalue weighted by Crippen LogP contribution is -2.23. The SMILES string of the molecule is OC(CNCC1CC1)c1ccc(C(F)(F)F)cc1. The molecule has 0 saturated heterocycles. The first kappa shape index (κ1) is 13.4. The van der Waals surface area contributed by atoms with E-state index in [0.717, 1.165) is 18.7 Å². The molecule has 1 unspecified atom stereocenters. The smallest absolute Gasteiger partial charge is 0.387 e. The lowest BCUT2D eigenvalue weighted by atomic mass is 10.1. The lowest BCUT2D eigenvalue weighted by Gasteiger charge is -2.13. The van der Waals surface area contributed by atoms with Crippen molar-refractivity contribution >= 4 is 0 Å². The monoisotopic (exact) mass is 259 g/mol. The highest BCUT2D eigenvalue weighted by Gasteiger charge is 2.30. The highest BCUT2D eigenvalue weighted by molar-refractivity contribution is 5.26. The Morgan fingerprint density at radius 2 is 1.83 bits per heavy atom. The summed E-state index contributed by atoms with van der Waals surface area (Å²) >= 11 is 0. The fourth-order valence-corrected chi connectivity index (χ4v) is 1.76. The minimum Gasteiger partial charge on any atom is -0.387 e. The highest BCUT2D eigenvalue weighted by Crippen LogP contribution is 2.30. The quantitative estimate of drug-likeness (QED) is 0.852. The van der Waals surface area contributed by atoms with Crippen LogP contribution in [0.3, 0.4) is 0 Å². The van der Waals surface area contributed by atoms with E-state index in [0.29, 0.717) is 18.0 Å². The molecule has 0 amide bonds. The standard InChI is InChI=1S/C13H16F3NO/c14-13(15,16)11-5-3-10(4-6-11)12(18)8-17-7-9-1-2-9/h3-6,9,12,17-18H,1-2,7-8H2. The van der Waals surface area contributed by atoms with E-state index in [1.165, 1.54) is 25.0 Å². The summed E-state index contributed by atoms with van der Waals surface area (Å²) < 4.78 is 37.0. The summed E-state index contributed by atoms with van der Waals surface area (Å²) in [5.74, 6) is 0.713. The Kier molecular flexibility index (Phi) is 3.92. The van der Waals surface area contributed by atoms with Crippen molar-refractivity contribution < 1.29 is 18.3 Å². The van der Waals surface area contributed by atoms with E-state index in [4.69, 9.17) is 0 Å². The summed E-state index contributed by atoms with van der Waals surface area (Å²) in [6, 6.07) is 4.65. The van der Waals surface area contributed by atoms with Crippen LogP contribution in [0.2, 0.25) is 0 Å². The van der Waals surface area contributed by atoms with Crippen molar-refractivity contribution in [3.8, 4) is 0 Å². The topological polar surface area (TPSA) is 32.3 Å². The average molecular weight is 259 g/mol. The van der Waals surface area contributed by atoms with Gasteiger partial charge in [0.1, 0.15) is 0 Å². The number of hydrogen-bond acceptors (Lipinski definition) is 2. The van der Waals surface area contributed by atoms with Crippen LogP contribution >= 0.6 is 0 Å². The van der Waals surface area contributed by atoms with Gasteiger partial charge in [0.25, 0.3) is 0 Å². The van der Waals surface area contributed by atoms with E-state index >= 15 is 0 Å². The number of alkyl halides is 3. The molecule has 1 saturated carbocycles. The number of nitrogens with one attached hydrogen (secondary N) is 1. The Hall–Kier alpha value is -1.07. The van der Waals surface area contributed by atoms with Gasteiger partial charge in [-0.3, -0.25) is 0 Å². The van der Waals surface area contributed by atoms with Crippen molar-refractivity contribution in [2.24, 2.45) is 5.92 Å². The van der Waals surface area contributed by atoms with Crippen molar-refractivity contribution in [3.63, 3.8) is 0 Å². The summed E-state index contributed by atoms with van der Waals surface area (Å²) in [5.41, 5.74) is -0.185. The van der Waals surface area contributed by atoms with Crippen LogP contribution in [-0.4, -0.2) is 18.2 Å². The largest absolute Gasteiger partial charge is 0.416 e. The van der Waals surface area contributed by atoms with Crippen LogP contribution in [0.15, 0.2) is 24.3 Å². The Labute approximate surface area is 104 Å². The summed E-state index contributed by atoms with van der Waals surface area (Å²) in [4.78, 5) is 0. The second-order valence-corrected chi connectivity index (χ2v) is 4.74. The Balaban J connectivity index is 1.87. The molecule has 2 nitrogen and oxygen atoms in total. The highest BCUT2D eigenvalue weighted by atomic mass is 19.4. The third kappa shape index (κ3) is 3.71. The molecule has 1 atom stereocenters. The van der Waals surface area contributed by atoms with Gasteiger partial charge in [-0.25, -0.2) is 0 Å². The fourth-order valence-electron chi connectivity index (χ4n) is 1.76. The van der Waals surface area contributed by atoms with Gasteiger partial charge in [-0.05, 0) is 43.0 Å². The Morgan fingerprint density at radius 3 is 2.33 bits per heavy atom. The molecule has 5 heteroatoms. The van der Waals surface area contributed by atoms with E-state index < -0.39 is 17.8 Å². The first-order valence-electron chi connectivity index (χ1n) is 6.03. The molecule has 2 rings (SSSR count). The maximum Gasteiger partial charge on any atom is 0.416 e. The molecule has 1 aromatic rings. The van der Waals surface area contributed by atoms with Gasteiger partial charge >= 0.3 is 6.18 Å². The second kappa shape index (κ2) is 5.28. The van der Waals surface area contributed by atoms with Gasteiger partial charge in [0, 0.05) is 6.54 Å². The molecule has 0 heterocycles. The van der Waals surface area contributed by atoms with Gasteiger partial charge in [0.05, 0.1) is 11.7 Å². The van der Waals surface area contributed by atoms with E-state index in [1.807, 2.05) is 0 Å². The molecule has 0 radical (unpaired) electrons. The molecule has 1 aliphatic rings. The number of halogens is 3. The van der Waals surface area contributed by atoms with Crippen LogP contribution in [0.1, 0.15) is 30.1 Å². The van der Waals surface area contributed by atoms with E-state index in [1.54, 1.807) is 0 Å². The maximum atomic E-state index is 12.3. The first-order valence-corrected chi connectivity index (χ1v) is 6.03. The zero-order chi connectivity index (χ0) is 13.2. The average Bonchev–Trinajstić information content (AvgIpc) is 3.12. The van der Waals surface area contributed by atoms with Crippen molar-refractivity contribution in [1.29, 1.82) is 0 Å². The predicted molar refractivity (Wildman–Crippen MR) is 62.0 cm³/mol. The predicted octanol–water partition coefficient (Wildman–Crippen LogP) is 2.74. The molecule has 0 aromatic heterocycles. The molecule has 100 valence electrons. The Morgan fingerprint density at radius 1 is 1.22 bits per heavy atom. The number of rotatable bonds is 5. The molecule has 1 aliphatic carbocycles. The Bertz CT molecular complexity index is 384. The van der Waals surface area contributed by atoms with Crippen LogP contribution < -0.4 is 5.32 Å². The minimum absolute atomic E-state index is 0.377. The third-order valence-electron chi connectivity index (χ3n) is 3.09. The molecule has 1 aromatic carbocycles. The summed E-state index contributed by atoms with van der Waals surface area (Å²) in [6.45, 7) is 1.25. The van der Waals surface area contributed by atoms with E-state index in [9.17, 15) is 18.3 Å². The second-order valence-electron chi connectivity index (χ2n) is 4.74. The van der Waals surface area contributed by atoms with Gasteiger partial charge in [0.15, 0.2) is 0 Å². The normalized spacial score (nSPS) is 17.8. The molecule has 2 N–H and O–H groups in total. The number of hydrogen-bond donors (Lipinski definition) is 2. The number of benzene rings is 1. The van der Waals surface area contributed by atoms with Gasteiger partial charge in [-0.2, -0.15) is 13.2 Å². The van der Waals surface area contributed by atoms with Gasteiger partial charge in [-0.1, -0.05) is 12.1 Å². The van der Waals surface area contributed by atoms with Crippen LogP contribution in [0, 0.1) is 5.92 Å².